The second-order valence-electron chi connectivity index (χ2n) is 6.08. The molecule has 3 unspecified atom stereocenters. The van der Waals surface area contributed by atoms with Crippen molar-refractivity contribution in [3.05, 3.63) is 0 Å². The third-order valence-corrected chi connectivity index (χ3v) is 5.64. The van der Waals surface area contributed by atoms with Gasteiger partial charge in [0.25, 0.3) is 0 Å². The first-order valence-electron chi connectivity index (χ1n) is 7.21. The van der Waals surface area contributed by atoms with Crippen LogP contribution in [0.25, 0.3) is 0 Å². The molecule has 2 heterocycles. The number of amides is 1. The first-order chi connectivity index (χ1) is 9.29. The highest BCUT2D eigenvalue weighted by molar-refractivity contribution is 7.88. The molecule has 3 atom stereocenters. The van der Waals surface area contributed by atoms with Gasteiger partial charge in [-0.05, 0) is 25.2 Å². The molecule has 0 aromatic heterocycles. The van der Waals surface area contributed by atoms with Crippen molar-refractivity contribution < 1.29 is 18.3 Å². The monoisotopic (exact) mass is 304 g/mol. The zero-order valence-corrected chi connectivity index (χ0v) is 13.0. The van der Waals surface area contributed by atoms with Crippen LogP contribution in [0.15, 0.2) is 0 Å². The highest BCUT2D eigenvalue weighted by Crippen LogP contribution is 2.24. The van der Waals surface area contributed by atoms with Crippen LogP contribution in [-0.4, -0.2) is 67.2 Å². The van der Waals surface area contributed by atoms with Crippen molar-refractivity contribution in [3.63, 3.8) is 0 Å². The standard InChI is InChI=1S/C13H24N2O4S/c1-10-8-14(7-5-12(10)16)13(17)11-4-3-6-15(9-11)20(2,18)19/h10-12,16H,3-9H2,1-2H3. The fourth-order valence-corrected chi connectivity index (χ4v) is 3.95. The van der Waals surface area contributed by atoms with Crippen molar-refractivity contribution in [2.45, 2.75) is 32.3 Å². The highest BCUT2D eigenvalue weighted by Gasteiger charge is 2.35. The lowest BCUT2D eigenvalue weighted by Gasteiger charge is -2.38. The van der Waals surface area contributed by atoms with Crippen LogP contribution < -0.4 is 0 Å². The van der Waals surface area contributed by atoms with Gasteiger partial charge in [0.05, 0.1) is 18.3 Å². The Kier molecular flexibility index (Phi) is 4.71. The van der Waals surface area contributed by atoms with Crippen LogP contribution in [-0.2, 0) is 14.8 Å². The second-order valence-corrected chi connectivity index (χ2v) is 8.06. The van der Waals surface area contributed by atoms with Crippen molar-refractivity contribution >= 4 is 15.9 Å². The fraction of sp³-hybridized carbons (Fsp3) is 0.923. The lowest BCUT2D eigenvalue weighted by molar-refractivity contribution is -0.140. The lowest BCUT2D eigenvalue weighted by Crippen LogP contribution is -2.50. The maximum atomic E-state index is 12.5. The maximum absolute atomic E-state index is 12.5. The second kappa shape index (κ2) is 5.99. The summed E-state index contributed by atoms with van der Waals surface area (Å²) in [5.74, 6) is -0.111. The topological polar surface area (TPSA) is 77.9 Å². The normalized spacial score (nSPS) is 33.1. The molecule has 1 N–H and O–H groups in total. The van der Waals surface area contributed by atoms with Gasteiger partial charge in [0.15, 0.2) is 0 Å². The van der Waals surface area contributed by atoms with E-state index in [1.165, 1.54) is 10.6 Å². The van der Waals surface area contributed by atoms with E-state index in [2.05, 4.69) is 0 Å². The van der Waals surface area contributed by atoms with Gasteiger partial charge in [-0.1, -0.05) is 6.92 Å². The van der Waals surface area contributed by atoms with E-state index in [0.29, 0.717) is 32.6 Å². The SMILES string of the molecule is CC1CN(C(=O)C2CCCN(S(C)(=O)=O)C2)CCC1O. The Morgan fingerprint density at radius 1 is 1.20 bits per heavy atom. The number of likely N-dealkylation sites (tertiary alicyclic amines) is 1. The van der Waals surface area contributed by atoms with Crippen molar-refractivity contribution in [1.29, 1.82) is 0 Å². The van der Waals surface area contributed by atoms with Crippen LogP contribution >= 0.6 is 0 Å². The number of nitrogens with zero attached hydrogens (tertiary/aromatic N) is 2. The minimum absolute atomic E-state index is 0.0390. The van der Waals surface area contributed by atoms with Gasteiger partial charge in [-0.15, -0.1) is 0 Å². The molecule has 1 amide bonds. The predicted octanol–water partition coefficient (Wildman–Crippen LogP) is -0.113. The molecule has 0 aromatic rings. The summed E-state index contributed by atoms with van der Waals surface area (Å²) in [6.07, 6.45) is 2.94. The lowest BCUT2D eigenvalue weighted by atomic mass is 9.93. The molecule has 0 aromatic carbocycles. The number of sulfonamides is 1. The van der Waals surface area contributed by atoms with Crippen LogP contribution in [0.1, 0.15) is 26.2 Å². The molecule has 2 aliphatic heterocycles. The minimum atomic E-state index is -3.22. The van der Waals surface area contributed by atoms with E-state index in [4.69, 9.17) is 0 Å². The smallest absolute Gasteiger partial charge is 0.227 e. The molecule has 0 saturated carbocycles. The van der Waals surface area contributed by atoms with Crippen LogP contribution in [0.4, 0.5) is 0 Å². The number of carbonyl (C=O) groups excluding carboxylic acids is 1. The van der Waals surface area contributed by atoms with Gasteiger partial charge in [-0.2, -0.15) is 0 Å². The minimum Gasteiger partial charge on any atom is -0.393 e. The van der Waals surface area contributed by atoms with E-state index in [-0.39, 0.29) is 23.8 Å². The molecule has 0 radical (unpaired) electrons. The Balaban J connectivity index is 1.99. The quantitative estimate of drug-likeness (QED) is 0.772. The number of hydrogen-bond acceptors (Lipinski definition) is 4. The number of piperidine rings is 2. The van der Waals surface area contributed by atoms with Crippen LogP contribution in [0.3, 0.4) is 0 Å². The maximum Gasteiger partial charge on any atom is 0.227 e. The van der Waals surface area contributed by atoms with E-state index in [9.17, 15) is 18.3 Å². The molecule has 116 valence electrons. The molecule has 6 nitrogen and oxygen atoms in total. The number of aliphatic hydroxyl groups is 1. The first-order valence-corrected chi connectivity index (χ1v) is 9.06. The van der Waals surface area contributed by atoms with Crippen molar-refractivity contribution in [2.24, 2.45) is 11.8 Å². The summed E-state index contributed by atoms with van der Waals surface area (Å²) in [5.41, 5.74) is 0. The molecule has 2 saturated heterocycles. The summed E-state index contributed by atoms with van der Waals surface area (Å²) in [6.45, 7) is 3.88. The van der Waals surface area contributed by atoms with Crippen molar-refractivity contribution in [2.75, 3.05) is 32.4 Å². The van der Waals surface area contributed by atoms with Crippen LogP contribution in [0.5, 0.6) is 0 Å². The average molecular weight is 304 g/mol. The Morgan fingerprint density at radius 2 is 1.90 bits per heavy atom. The fourth-order valence-electron chi connectivity index (χ4n) is 3.04. The third-order valence-electron chi connectivity index (χ3n) is 4.37. The Hall–Kier alpha value is -0.660. The number of rotatable bonds is 2. The summed E-state index contributed by atoms with van der Waals surface area (Å²) in [5, 5.41) is 9.71. The van der Waals surface area contributed by atoms with Gasteiger partial charge >= 0.3 is 0 Å². The van der Waals surface area contributed by atoms with E-state index in [1.54, 1.807) is 4.90 Å². The molecule has 0 bridgehead atoms. The Bertz CT molecular complexity index is 465. The summed E-state index contributed by atoms with van der Waals surface area (Å²) in [7, 11) is -3.22. The van der Waals surface area contributed by atoms with Gasteiger partial charge in [0, 0.05) is 26.2 Å². The van der Waals surface area contributed by atoms with Crippen molar-refractivity contribution in [1.82, 2.24) is 9.21 Å². The number of hydrogen-bond donors (Lipinski definition) is 1. The summed E-state index contributed by atoms with van der Waals surface area (Å²) < 4.78 is 24.6. The van der Waals surface area contributed by atoms with E-state index < -0.39 is 10.0 Å². The summed E-state index contributed by atoms with van der Waals surface area (Å²) in [6, 6.07) is 0. The number of aliphatic hydroxyl groups excluding tert-OH is 1. The van der Waals surface area contributed by atoms with Gasteiger partial charge < -0.3 is 10.0 Å². The highest BCUT2D eigenvalue weighted by atomic mass is 32.2. The average Bonchev–Trinajstić information content (AvgIpc) is 2.40. The Labute approximate surface area is 120 Å². The zero-order valence-electron chi connectivity index (χ0n) is 12.2. The van der Waals surface area contributed by atoms with Gasteiger partial charge in [-0.25, -0.2) is 12.7 Å². The molecule has 0 spiro atoms. The van der Waals surface area contributed by atoms with Crippen LogP contribution in [0.2, 0.25) is 0 Å². The van der Waals surface area contributed by atoms with Gasteiger partial charge in [-0.3, -0.25) is 4.79 Å². The zero-order chi connectivity index (χ0) is 14.9. The van der Waals surface area contributed by atoms with Gasteiger partial charge in [0.1, 0.15) is 0 Å². The number of carbonyl (C=O) groups is 1. The van der Waals surface area contributed by atoms with Crippen LogP contribution in [0, 0.1) is 11.8 Å². The Morgan fingerprint density at radius 3 is 2.50 bits per heavy atom. The summed E-state index contributed by atoms with van der Waals surface area (Å²) in [4.78, 5) is 14.3. The van der Waals surface area contributed by atoms with Gasteiger partial charge in [0.2, 0.25) is 15.9 Å². The molecule has 2 rings (SSSR count). The third kappa shape index (κ3) is 3.51. The predicted molar refractivity (Wildman–Crippen MR) is 75.5 cm³/mol. The van der Waals surface area contributed by atoms with Crippen molar-refractivity contribution in [3.8, 4) is 0 Å². The summed E-state index contributed by atoms with van der Waals surface area (Å²) >= 11 is 0. The van der Waals surface area contributed by atoms with E-state index in [1.807, 2.05) is 6.92 Å². The van der Waals surface area contributed by atoms with E-state index in [0.717, 1.165) is 12.8 Å². The molecule has 2 fully saturated rings. The molecular weight excluding hydrogens is 280 g/mol. The molecule has 2 aliphatic rings. The molecule has 20 heavy (non-hydrogen) atoms. The molecular formula is C13H24N2O4S. The molecule has 0 aliphatic carbocycles. The van der Waals surface area contributed by atoms with E-state index >= 15 is 0 Å². The molecule has 7 heteroatoms. The first kappa shape index (κ1) is 15.7. The largest absolute Gasteiger partial charge is 0.393 e.